The molecular weight excluding hydrogens is 269 g/mol. The highest BCUT2D eigenvalue weighted by atomic mass is 19.4. The number of allylic oxidation sites excluding steroid dienone is 1. The molecule has 1 aromatic carbocycles. The van der Waals surface area contributed by atoms with Gasteiger partial charge in [-0.1, -0.05) is 30.3 Å². The molecule has 0 spiro atoms. The quantitative estimate of drug-likeness (QED) is 0.614. The number of halogens is 3. The highest BCUT2D eigenvalue weighted by Gasteiger charge is 2.47. The van der Waals surface area contributed by atoms with E-state index in [-0.39, 0.29) is 6.42 Å². The van der Waals surface area contributed by atoms with Crippen LogP contribution < -0.4 is 0 Å². The van der Waals surface area contributed by atoms with Crippen LogP contribution in [0.15, 0.2) is 35.9 Å². The molecular formula is C15H13F3O2. The van der Waals surface area contributed by atoms with Gasteiger partial charge in [-0.15, -0.1) is 0 Å². The van der Waals surface area contributed by atoms with Crippen molar-refractivity contribution in [3.63, 3.8) is 0 Å². The Morgan fingerprint density at radius 2 is 1.85 bits per heavy atom. The van der Waals surface area contributed by atoms with Crippen molar-refractivity contribution in [2.75, 3.05) is 0 Å². The topological polar surface area (TPSA) is 34.1 Å². The molecule has 0 radical (unpaired) electrons. The van der Waals surface area contributed by atoms with Gasteiger partial charge in [0.05, 0.1) is 5.92 Å². The number of rotatable bonds is 2. The van der Waals surface area contributed by atoms with E-state index in [0.29, 0.717) is 18.4 Å². The summed E-state index contributed by atoms with van der Waals surface area (Å²) in [5, 5.41) is 0. The van der Waals surface area contributed by atoms with Crippen molar-refractivity contribution in [1.82, 2.24) is 0 Å². The summed E-state index contributed by atoms with van der Waals surface area (Å²) in [7, 11) is 0. The molecule has 1 unspecified atom stereocenters. The van der Waals surface area contributed by atoms with Crippen molar-refractivity contribution in [2.24, 2.45) is 5.92 Å². The van der Waals surface area contributed by atoms with Crippen LogP contribution in [-0.2, 0) is 9.59 Å². The minimum Gasteiger partial charge on any atom is -0.294 e. The molecule has 1 aliphatic carbocycles. The van der Waals surface area contributed by atoms with Crippen LogP contribution in [0.25, 0.3) is 6.08 Å². The number of Topliss-reactive ketones (excluding diaryl/α,β-unsaturated/α-hetero) is 2. The molecule has 2 rings (SSSR count). The molecule has 0 bridgehead atoms. The fourth-order valence-electron chi connectivity index (χ4n) is 2.32. The second kappa shape index (κ2) is 5.61. The Bertz CT molecular complexity index is 544. The van der Waals surface area contributed by atoms with E-state index in [4.69, 9.17) is 0 Å². The molecule has 0 heterocycles. The van der Waals surface area contributed by atoms with Gasteiger partial charge in [-0.05, 0) is 36.5 Å². The molecule has 0 amide bonds. The average molecular weight is 282 g/mol. The average Bonchev–Trinajstić information content (AvgIpc) is 2.40. The normalized spacial score (nSPS) is 22.1. The van der Waals surface area contributed by atoms with Crippen LogP contribution in [0.1, 0.15) is 24.8 Å². The minimum absolute atomic E-state index is 0.0245. The number of carbonyl (C=O) groups excluding carboxylic acids is 2. The van der Waals surface area contributed by atoms with Crippen molar-refractivity contribution < 1.29 is 22.8 Å². The summed E-state index contributed by atoms with van der Waals surface area (Å²) >= 11 is 0. The van der Waals surface area contributed by atoms with Gasteiger partial charge in [0.15, 0.2) is 5.78 Å². The van der Waals surface area contributed by atoms with Crippen LogP contribution in [0.2, 0.25) is 0 Å². The molecule has 1 fully saturated rings. The van der Waals surface area contributed by atoms with Crippen LogP contribution in [0.4, 0.5) is 13.2 Å². The van der Waals surface area contributed by atoms with E-state index in [1.807, 2.05) is 0 Å². The van der Waals surface area contributed by atoms with Gasteiger partial charge < -0.3 is 0 Å². The van der Waals surface area contributed by atoms with Crippen molar-refractivity contribution in [2.45, 2.75) is 25.4 Å². The van der Waals surface area contributed by atoms with Crippen molar-refractivity contribution in [1.29, 1.82) is 0 Å². The summed E-state index contributed by atoms with van der Waals surface area (Å²) < 4.78 is 37.3. The number of hydrogen-bond acceptors (Lipinski definition) is 2. The largest absolute Gasteiger partial charge is 0.450 e. The molecule has 1 aromatic rings. The van der Waals surface area contributed by atoms with E-state index in [9.17, 15) is 22.8 Å². The first-order valence-electron chi connectivity index (χ1n) is 6.30. The van der Waals surface area contributed by atoms with Crippen LogP contribution in [-0.4, -0.2) is 17.7 Å². The summed E-state index contributed by atoms with van der Waals surface area (Å²) in [6, 6.07) is 8.88. The first kappa shape index (κ1) is 14.5. The van der Waals surface area contributed by atoms with E-state index in [1.54, 1.807) is 36.4 Å². The number of alkyl halides is 3. The van der Waals surface area contributed by atoms with E-state index in [2.05, 4.69) is 0 Å². The van der Waals surface area contributed by atoms with Crippen LogP contribution >= 0.6 is 0 Å². The highest BCUT2D eigenvalue weighted by molar-refractivity contribution is 6.14. The van der Waals surface area contributed by atoms with E-state index >= 15 is 0 Å². The first-order chi connectivity index (χ1) is 9.39. The third kappa shape index (κ3) is 3.15. The maximum absolute atomic E-state index is 12.4. The predicted molar refractivity (Wildman–Crippen MR) is 67.8 cm³/mol. The fourth-order valence-corrected chi connectivity index (χ4v) is 2.32. The molecule has 20 heavy (non-hydrogen) atoms. The lowest BCUT2D eigenvalue weighted by Gasteiger charge is -2.22. The molecule has 0 N–H and O–H groups in total. The van der Waals surface area contributed by atoms with Crippen LogP contribution in [0.5, 0.6) is 0 Å². The van der Waals surface area contributed by atoms with E-state index in [0.717, 1.165) is 5.56 Å². The number of hydrogen-bond donors (Lipinski definition) is 0. The van der Waals surface area contributed by atoms with Gasteiger partial charge in [0.1, 0.15) is 0 Å². The molecule has 0 aliphatic heterocycles. The number of carbonyl (C=O) groups is 2. The SMILES string of the molecule is O=C1/C(=C/c2ccccc2)CCCC1C(=O)C(F)(F)F. The summed E-state index contributed by atoms with van der Waals surface area (Å²) in [4.78, 5) is 23.3. The monoisotopic (exact) mass is 282 g/mol. The third-order valence-electron chi connectivity index (χ3n) is 3.31. The van der Waals surface area contributed by atoms with Crippen molar-refractivity contribution >= 4 is 17.6 Å². The Labute approximate surface area is 114 Å². The Hall–Kier alpha value is -1.91. The molecule has 5 heteroatoms. The fraction of sp³-hybridized carbons (Fsp3) is 0.333. The van der Waals surface area contributed by atoms with Gasteiger partial charge in [0.25, 0.3) is 0 Å². The van der Waals surface area contributed by atoms with Gasteiger partial charge in [0.2, 0.25) is 5.78 Å². The lowest BCUT2D eigenvalue weighted by atomic mass is 9.81. The Balaban J connectivity index is 2.24. The molecule has 106 valence electrons. The molecule has 0 aromatic heterocycles. The lowest BCUT2D eigenvalue weighted by molar-refractivity contribution is -0.176. The zero-order valence-corrected chi connectivity index (χ0v) is 10.6. The zero-order chi connectivity index (χ0) is 14.8. The Morgan fingerprint density at radius 1 is 1.20 bits per heavy atom. The smallest absolute Gasteiger partial charge is 0.294 e. The molecule has 1 aliphatic rings. The third-order valence-corrected chi connectivity index (χ3v) is 3.31. The summed E-state index contributed by atoms with van der Waals surface area (Å²) in [5.74, 6) is -4.19. The van der Waals surface area contributed by atoms with E-state index < -0.39 is 23.7 Å². The van der Waals surface area contributed by atoms with Gasteiger partial charge in [-0.2, -0.15) is 13.2 Å². The van der Waals surface area contributed by atoms with Crippen molar-refractivity contribution in [3.05, 3.63) is 41.5 Å². The van der Waals surface area contributed by atoms with E-state index in [1.165, 1.54) is 0 Å². The molecule has 1 atom stereocenters. The van der Waals surface area contributed by atoms with Gasteiger partial charge in [-0.3, -0.25) is 9.59 Å². The van der Waals surface area contributed by atoms with Crippen molar-refractivity contribution in [3.8, 4) is 0 Å². The summed E-state index contributed by atoms with van der Waals surface area (Å²) in [6.07, 6.45) is -2.58. The predicted octanol–water partition coefficient (Wildman–Crippen LogP) is 3.57. The standard InChI is InChI=1S/C15H13F3O2/c16-15(17,18)14(20)12-8-4-7-11(13(12)19)9-10-5-2-1-3-6-10/h1-3,5-6,9,12H,4,7-8H2/b11-9+. The van der Waals surface area contributed by atoms with Crippen LogP contribution in [0, 0.1) is 5.92 Å². The second-order valence-corrected chi connectivity index (χ2v) is 4.75. The summed E-state index contributed by atoms with van der Waals surface area (Å²) in [5.41, 5.74) is 1.04. The summed E-state index contributed by atoms with van der Waals surface area (Å²) in [6.45, 7) is 0. The lowest BCUT2D eigenvalue weighted by Crippen LogP contribution is -2.37. The maximum atomic E-state index is 12.4. The number of ketones is 2. The molecule has 1 saturated carbocycles. The first-order valence-corrected chi connectivity index (χ1v) is 6.30. The molecule has 0 saturated heterocycles. The Kier molecular flexibility index (Phi) is 4.06. The second-order valence-electron chi connectivity index (χ2n) is 4.75. The highest BCUT2D eigenvalue weighted by Crippen LogP contribution is 2.32. The van der Waals surface area contributed by atoms with Gasteiger partial charge >= 0.3 is 6.18 Å². The maximum Gasteiger partial charge on any atom is 0.450 e. The number of benzene rings is 1. The van der Waals surface area contributed by atoms with Gasteiger partial charge in [0, 0.05) is 0 Å². The van der Waals surface area contributed by atoms with Gasteiger partial charge in [-0.25, -0.2) is 0 Å². The van der Waals surface area contributed by atoms with Crippen LogP contribution in [0.3, 0.4) is 0 Å². The minimum atomic E-state index is -4.95. The zero-order valence-electron chi connectivity index (χ0n) is 10.6. The Morgan fingerprint density at radius 3 is 2.45 bits per heavy atom. The molecule has 2 nitrogen and oxygen atoms in total.